The molecule has 7 heteroatoms. The van der Waals surface area contributed by atoms with E-state index >= 15 is 0 Å². The van der Waals surface area contributed by atoms with E-state index in [9.17, 15) is 4.79 Å². The zero-order valence-corrected chi connectivity index (χ0v) is 21.0. The predicted octanol–water partition coefficient (Wildman–Crippen LogP) is 7.08. The van der Waals surface area contributed by atoms with E-state index in [2.05, 4.69) is 22.9 Å². The van der Waals surface area contributed by atoms with Crippen molar-refractivity contribution in [1.82, 2.24) is 14.7 Å². The summed E-state index contributed by atoms with van der Waals surface area (Å²) in [6.45, 7) is 2.87. The Labute approximate surface area is 206 Å². The molecule has 4 rings (SSSR count). The zero-order chi connectivity index (χ0) is 22.5. The second-order valence-electron chi connectivity index (χ2n) is 7.61. The van der Waals surface area contributed by atoms with Gasteiger partial charge < -0.3 is 0 Å². The highest BCUT2D eigenvalue weighted by Crippen LogP contribution is 2.35. The standard InChI is InChI=1S/C25H24BrN3OS2/c1-2-3-4-8-15-28-24(30)22(32-25(28)31)16-19-17-29(21-9-6-5-7-10-21)27-23(19)18-11-13-20(26)14-12-18/h5-7,9-14,16-17H,2-4,8,15H2,1H3/b22-16-. The van der Waals surface area contributed by atoms with Crippen LogP contribution in [0.25, 0.3) is 23.0 Å². The molecule has 0 bridgehead atoms. The van der Waals surface area contributed by atoms with Gasteiger partial charge in [-0.2, -0.15) is 5.10 Å². The van der Waals surface area contributed by atoms with Crippen LogP contribution in [0, 0.1) is 0 Å². The van der Waals surface area contributed by atoms with E-state index in [1.54, 1.807) is 4.90 Å². The molecule has 1 fully saturated rings. The van der Waals surface area contributed by atoms with Gasteiger partial charge in [-0.15, -0.1) is 0 Å². The average molecular weight is 527 g/mol. The fourth-order valence-corrected chi connectivity index (χ4v) is 5.13. The SMILES string of the molecule is CCCCCCN1C(=O)/C(=C/c2cn(-c3ccccc3)nc2-c2ccc(Br)cc2)SC1=S. The van der Waals surface area contributed by atoms with Crippen LogP contribution in [0.15, 0.2) is 70.2 Å². The van der Waals surface area contributed by atoms with Crippen LogP contribution in [0.2, 0.25) is 0 Å². The lowest BCUT2D eigenvalue weighted by Crippen LogP contribution is -2.29. The van der Waals surface area contributed by atoms with Crippen molar-refractivity contribution in [3.05, 3.63) is 75.7 Å². The first-order valence-electron chi connectivity index (χ1n) is 10.7. The molecule has 1 aliphatic rings. The topological polar surface area (TPSA) is 38.1 Å². The number of unbranched alkanes of at least 4 members (excludes halogenated alkanes) is 3. The van der Waals surface area contributed by atoms with E-state index in [4.69, 9.17) is 17.3 Å². The Morgan fingerprint density at radius 3 is 2.53 bits per heavy atom. The monoisotopic (exact) mass is 525 g/mol. The summed E-state index contributed by atoms with van der Waals surface area (Å²) in [5, 5.41) is 4.85. The second-order valence-corrected chi connectivity index (χ2v) is 10.2. The van der Waals surface area contributed by atoms with Gasteiger partial charge in [0.15, 0.2) is 0 Å². The molecule has 0 spiro atoms. The number of aromatic nitrogens is 2. The van der Waals surface area contributed by atoms with E-state index in [0.29, 0.717) is 15.8 Å². The van der Waals surface area contributed by atoms with Crippen LogP contribution in [0.3, 0.4) is 0 Å². The number of carbonyl (C=O) groups is 1. The summed E-state index contributed by atoms with van der Waals surface area (Å²) in [5.74, 6) is -0.00860. The van der Waals surface area contributed by atoms with Crippen LogP contribution in [-0.4, -0.2) is 31.5 Å². The molecule has 0 saturated carbocycles. The highest BCUT2D eigenvalue weighted by atomic mass is 79.9. The summed E-state index contributed by atoms with van der Waals surface area (Å²) < 4.78 is 3.50. The predicted molar refractivity (Wildman–Crippen MR) is 141 cm³/mol. The minimum atomic E-state index is -0.00860. The number of benzene rings is 2. The number of rotatable bonds is 8. The summed E-state index contributed by atoms with van der Waals surface area (Å²) in [6, 6.07) is 18.0. The molecular weight excluding hydrogens is 502 g/mol. The van der Waals surface area contributed by atoms with Crippen LogP contribution in [0.5, 0.6) is 0 Å². The van der Waals surface area contributed by atoms with Crippen molar-refractivity contribution in [2.75, 3.05) is 6.54 Å². The summed E-state index contributed by atoms with van der Waals surface area (Å²) in [4.78, 5) is 15.5. The Morgan fingerprint density at radius 1 is 1.06 bits per heavy atom. The van der Waals surface area contributed by atoms with E-state index in [1.807, 2.05) is 71.6 Å². The average Bonchev–Trinajstić information content (AvgIpc) is 3.34. The van der Waals surface area contributed by atoms with Crippen LogP contribution in [0.1, 0.15) is 38.2 Å². The smallest absolute Gasteiger partial charge is 0.266 e. The summed E-state index contributed by atoms with van der Waals surface area (Å²) in [5.41, 5.74) is 3.68. The molecule has 1 saturated heterocycles. The number of para-hydroxylation sites is 1. The van der Waals surface area contributed by atoms with Gasteiger partial charge in [-0.25, -0.2) is 4.68 Å². The summed E-state index contributed by atoms with van der Waals surface area (Å²) in [7, 11) is 0. The Kier molecular flexibility index (Phi) is 7.60. The van der Waals surface area contributed by atoms with Crippen molar-refractivity contribution < 1.29 is 4.79 Å². The Morgan fingerprint density at radius 2 is 1.81 bits per heavy atom. The maximum Gasteiger partial charge on any atom is 0.266 e. The van der Waals surface area contributed by atoms with Gasteiger partial charge in [-0.05, 0) is 36.8 Å². The van der Waals surface area contributed by atoms with Gasteiger partial charge in [0.25, 0.3) is 5.91 Å². The molecular formula is C25H24BrN3OS2. The summed E-state index contributed by atoms with van der Waals surface area (Å²) in [6.07, 6.45) is 8.34. The van der Waals surface area contributed by atoms with Crippen LogP contribution in [0.4, 0.5) is 0 Å². The van der Waals surface area contributed by atoms with E-state index in [0.717, 1.165) is 39.8 Å². The lowest BCUT2D eigenvalue weighted by atomic mass is 10.1. The molecule has 2 heterocycles. The summed E-state index contributed by atoms with van der Waals surface area (Å²) >= 11 is 10.4. The molecule has 1 aromatic heterocycles. The molecule has 3 aromatic rings. The van der Waals surface area contributed by atoms with Gasteiger partial charge in [-0.1, -0.05) is 96.4 Å². The van der Waals surface area contributed by atoms with Crippen molar-refractivity contribution in [2.24, 2.45) is 0 Å². The van der Waals surface area contributed by atoms with Gasteiger partial charge in [0.2, 0.25) is 0 Å². The van der Waals surface area contributed by atoms with Gasteiger partial charge in [-0.3, -0.25) is 9.69 Å². The van der Waals surface area contributed by atoms with Gasteiger partial charge >= 0.3 is 0 Å². The number of thioether (sulfide) groups is 1. The Bertz CT molecular complexity index is 1140. The highest BCUT2D eigenvalue weighted by Gasteiger charge is 2.32. The van der Waals surface area contributed by atoms with Crippen LogP contribution >= 0.6 is 39.9 Å². The van der Waals surface area contributed by atoms with Gasteiger partial charge in [0.1, 0.15) is 4.32 Å². The number of halogens is 1. The van der Waals surface area contributed by atoms with Crippen LogP contribution < -0.4 is 0 Å². The lowest BCUT2D eigenvalue weighted by Gasteiger charge is -2.13. The largest absolute Gasteiger partial charge is 0.293 e. The third-order valence-corrected chi connectivity index (χ3v) is 7.18. The molecule has 0 N–H and O–H groups in total. The number of thiocarbonyl (C=S) groups is 1. The highest BCUT2D eigenvalue weighted by molar-refractivity contribution is 9.10. The Hall–Kier alpha value is -2.22. The van der Waals surface area contributed by atoms with Crippen molar-refractivity contribution in [1.29, 1.82) is 0 Å². The molecule has 4 nitrogen and oxygen atoms in total. The maximum atomic E-state index is 13.1. The number of hydrogen-bond acceptors (Lipinski definition) is 4. The quantitative estimate of drug-likeness (QED) is 0.179. The van der Waals surface area contributed by atoms with Gasteiger partial charge in [0.05, 0.1) is 16.3 Å². The van der Waals surface area contributed by atoms with Crippen molar-refractivity contribution in [3.8, 4) is 16.9 Å². The first kappa shape index (κ1) is 23.0. The van der Waals surface area contributed by atoms with E-state index in [1.165, 1.54) is 24.6 Å². The van der Waals surface area contributed by atoms with Crippen molar-refractivity contribution in [2.45, 2.75) is 32.6 Å². The van der Waals surface area contributed by atoms with Gasteiger partial charge in [0, 0.05) is 28.3 Å². The number of nitrogens with zero attached hydrogens (tertiary/aromatic N) is 3. The first-order valence-corrected chi connectivity index (χ1v) is 12.7. The number of amides is 1. The molecule has 164 valence electrons. The van der Waals surface area contributed by atoms with Crippen molar-refractivity contribution >= 4 is 56.2 Å². The fraction of sp³-hybridized carbons (Fsp3) is 0.240. The molecule has 0 atom stereocenters. The normalized spacial score (nSPS) is 15.2. The lowest BCUT2D eigenvalue weighted by molar-refractivity contribution is -0.122. The molecule has 2 aromatic carbocycles. The minimum absolute atomic E-state index is 0.00860. The number of carbonyl (C=O) groups excluding carboxylic acids is 1. The molecule has 32 heavy (non-hydrogen) atoms. The molecule has 1 amide bonds. The first-order chi connectivity index (χ1) is 15.6. The molecule has 0 radical (unpaired) electrons. The Balaban J connectivity index is 1.67. The van der Waals surface area contributed by atoms with Crippen LogP contribution in [-0.2, 0) is 4.79 Å². The van der Waals surface area contributed by atoms with Crippen molar-refractivity contribution in [3.63, 3.8) is 0 Å². The second kappa shape index (κ2) is 10.6. The molecule has 1 aliphatic heterocycles. The third-order valence-electron chi connectivity index (χ3n) is 5.28. The molecule has 0 unspecified atom stereocenters. The third kappa shape index (κ3) is 5.22. The zero-order valence-electron chi connectivity index (χ0n) is 17.8. The number of hydrogen-bond donors (Lipinski definition) is 0. The maximum absolute atomic E-state index is 13.1. The van der Waals surface area contributed by atoms with E-state index in [-0.39, 0.29) is 5.91 Å². The van der Waals surface area contributed by atoms with E-state index < -0.39 is 0 Å². The fourth-order valence-electron chi connectivity index (χ4n) is 3.57. The minimum Gasteiger partial charge on any atom is -0.293 e. The molecule has 0 aliphatic carbocycles.